The fourth-order valence-corrected chi connectivity index (χ4v) is 2.80. The molecule has 9 heteroatoms. The minimum atomic E-state index is -3.41. The van der Waals surface area contributed by atoms with Crippen LogP contribution in [0.25, 0.3) is 0 Å². The highest BCUT2D eigenvalue weighted by Gasteiger charge is 2.13. The van der Waals surface area contributed by atoms with Crippen molar-refractivity contribution >= 4 is 27.4 Å². The molecule has 1 atom stereocenters. The van der Waals surface area contributed by atoms with Crippen molar-refractivity contribution in [2.45, 2.75) is 13.0 Å². The molecule has 0 unspecified atom stereocenters. The number of nitriles is 1. The SMILES string of the molecule is C[C@H](NC(=O)Nc1ccc(F)cc1C#N)c1cccc(NS(C)(=O)=O)c1. The second-order valence-corrected chi connectivity index (χ2v) is 7.37. The Labute approximate surface area is 150 Å². The zero-order chi connectivity index (χ0) is 19.3. The fourth-order valence-electron chi connectivity index (χ4n) is 2.24. The summed E-state index contributed by atoms with van der Waals surface area (Å²) in [5.74, 6) is -0.573. The zero-order valence-corrected chi connectivity index (χ0v) is 14.9. The first-order chi connectivity index (χ1) is 12.2. The predicted molar refractivity (Wildman–Crippen MR) is 96.6 cm³/mol. The van der Waals surface area contributed by atoms with Gasteiger partial charge in [-0.25, -0.2) is 17.6 Å². The van der Waals surface area contributed by atoms with Crippen LogP contribution in [0.1, 0.15) is 24.1 Å². The molecule has 0 radical (unpaired) electrons. The Morgan fingerprint density at radius 3 is 2.62 bits per heavy atom. The van der Waals surface area contributed by atoms with E-state index >= 15 is 0 Å². The molecule has 2 aromatic carbocycles. The van der Waals surface area contributed by atoms with Crippen LogP contribution in [-0.4, -0.2) is 20.7 Å². The van der Waals surface area contributed by atoms with E-state index < -0.39 is 27.9 Å². The van der Waals surface area contributed by atoms with Crippen LogP contribution < -0.4 is 15.4 Å². The summed E-state index contributed by atoms with van der Waals surface area (Å²) < 4.78 is 38.1. The van der Waals surface area contributed by atoms with Gasteiger partial charge in [-0.05, 0) is 42.8 Å². The molecule has 0 saturated carbocycles. The standard InChI is InChI=1S/C17H17FN4O3S/c1-11(12-4-3-5-15(9-12)22-26(2,24)25)20-17(23)21-16-7-6-14(18)8-13(16)10-19/h3-9,11,22H,1-2H3,(H2,20,21,23)/t11-/m0/s1. The van der Waals surface area contributed by atoms with Gasteiger partial charge in [-0.2, -0.15) is 5.26 Å². The highest BCUT2D eigenvalue weighted by Crippen LogP contribution is 2.19. The Kier molecular flexibility index (Phi) is 5.79. The van der Waals surface area contributed by atoms with Crippen molar-refractivity contribution in [3.8, 4) is 6.07 Å². The summed E-state index contributed by atoms with van der Waals surface area (Å²) in [6.45, 7) is 1.72. The molecule has 0 aliphatic carbocycles. The first kappa shape index (κ1) is 19.2. The Morgan fingerprint density at radius 1 is 1.23 bits per heavy atom. The minimum absolute atomic E-state index is 0.00662. The number of nitrogens with one attached hydrogen (secondary N) is 3. The molecule has 136 valence electrons. The van der Waals surface area contributed by atoms with Gasteiger partial charge in [0.25, 0.3) is 0 Å². The number of amides is 2. The molecule has 0 aromatic heterocycles. The van der Waals surface area contributed by atoms with Gasteiger partial charge in [0.2, 0.25) is 10.0 Å². The summed E-state index contributed by atoms with van der Waals surface area (Å²) in [6.07, 6.45) is 1.05. The molecule has 2 amide bonds. The molecule has 26 heavy (non-hydrogen) atoms. The molecule has 3 N–H and O–H groups in total. The van der Waals surface area contributed by atoms with Gasteiger partial charge in [-0.1, -0.05) is 12.1 Å². The molecule has 0 saturated heterocycles. The van der Waals surface area contributed by atoms with E-state index in [-0.39, 0.29) is 11.3 Å². The molecule has 2 rings (SSSR count). The third kappa shape index (κ3) is 5.46. The Morgan fingerprint density at radius 2 is 1.96 bits per heavy atom. The number of hydrogen-bond donors (Lipinski definition) is 3. The lowest BCUT2D eigenvalue weighted by atomic mass is 10.1. The highest BCUT2D eigenvalue weighted by atomic mass is 32.2. The third-order valence-electron chi connectivity index (χ3n) is 3.39. The summed E-state index contributed by atoms with van der Waals surface area (Å²) in [4.78, 5) is 12.1. The number of rotatable bonds is 5. The van der Waals surface area contributed by atoms with Crippen molar-refractivity contribution in [3.05, 3.63) is 59.4 Å². The maximum Gasteiger partial charge on any atom is 0.319 e. The van der Waals surface area contributed by atoms with Gasteiger partial charge in [0.15, 0.2) is 0 Å². The first-order valence-corrected chi connectivity index (χ1v) is 9.42. The summed E-state index contributed by atoms with van der Waals surface area (Å²) in [5, 5.41) is 14.2. The predicted octanol–water partition coefficient (Wildman–Crippen LogP) is 2.95. The molecule has 0 aliphatic heterocycles. The largest absolute Gasteiger partial charge is 0.331 e. The quantitative estimate of drug-likeness (QED) is 0.745. The third-order valence-corrected chi connectivity index (χ3v) is 3.99. The number of halogens is 1. The van der Waals surface area contributed by atoms with Crippen molar-refractivity contribution in [2.75, 3.05) is 16.3 Å². The van der Waals surface area contributed by atoms with Crippen molar-refractivity contribution in [2.24, 2.45) is 0 Å². The Hall–Kier alpha value is -3.12. The van der Waals surface area contributed by atoms with E-state index in [2.05, 4.69) is 15.4 Å². The number of hydrogen-bond acceptors (Lipinski definition) is 4. The molecular formula is C17H17FN4O3S. The second kappa shape index (κ2) is 7.84. The maximum absolute atomic E-state index is 13.1. The van der Waals surface area contributed by atoms with Crippen molar-refractivity contribution in [1.82, 2.24) is 5.32 Å². The number of urea groups is 1. The van der Waals surface area contributed by atoms with Crippen molar-refractivity contribution in [3.63, 3.8) is 0 Å². The van der Waals surface area contributed by atoms with E-state index in [0.29, 0.717) is 11.3 Å². The van der Waals surface area contributed by atoms with Gasteiger partial charge in [0.05, 0.1) is 23.5 Å². The Balaban J connectivity index is 2.08. The molecule has 0 spiro atoms. The van der Waals surface area contributed by atoms with Gasteiger partial charge < -0.3 is 10.6 Å². The Bertz CT molecular complexity index is 970. The van der Waals surface area contributed by atoms with Gasteiger partial charge in [-0.15, -0.1) is 0 Å². The van der Waals surface area contributed by atoms with Crippen molar-refractivity contribution in [1.29, 1.82) is 5.26 Å². The van der Waals surface area contributed by atoms with Gasteiger partial charge >= 0.3 is 6.03 Å². The molecule has 0 heterocycles. The van der Waals surface area contributed by atoms with E-state index in [9.17, 15) is 17.6 Å². The highest BCUT2D eigenvalue weighted by molar-refractivity contribution is 7.92. The van der Waals surface area contributed by atoms with Crippen LogP contribution in [0.5, 0.6) is 0 Å². The topological polar surface area (TPSA) is 111 Å². The summed E-state index contributed by atoms with van der Waals surface area (Å²) in [7, 11) is -3.41. The molecule has 0 fully saturated rings. The molecule has 0 bridgehead atoms. The smallest absolute Gasteiger partial charge is 0.319 e. The lowest BCUT2D eigenvalue weighted by Gasteiger charge is -2.16. The van der Waals surface area contributed by atoms with E-state index in [1.54, 1.807) is 31.2 Å². The van der Waals surface area contributed by atoms with E-state index in [4.69, 9.17) is 5.26 Å². The van der Waals surface area contributed by atoms with Crippen LogP contribution in [-0.2, 0) is 10.0 Å². The van der Waals surface area contributed by atoms with Crippen LogP contribution in [0.3, 0.4) is 0 Å². The van der Waals surface area contributed by atoms with E-state index in [1.165, 1.54) is 6.07 Å². The number of anilines is 2. The minimum Gasteiger partial charge on any atom is -0.331 e. The number of benzene rings is 2. The number of carbonyl (C=O) groups is 1. The normalized spacial score (nSPS) is 11.9. The average Bonchev–Trinajstić information content (AvgIpc) is 2.55. The van der Waals surface area contributed by atoms with E-state index in [1.807, 2.05) is 6.07 Å². The summed E-state index contributed by atoms with van der Waals surface area (Å²) in [6, 6.07) is 10.8. The lowest BCUT2D eigenvalue weighted by Crippen LogP contribution is -2.31. The number of sulfonamides is 1. The number of carbonyl (C=O) groups excluding carboxylic acids is 1. The van der Waals surface area contributed by atoms with Crippen LogP contribution in [0.2, 0.25) is 0 Å². The maximum atomic E-state index is 13.1. The second-order valence-electron chi connectivity index (χ2n) is 5.62. The van der Waals surface area contributed by atoms with Crippen LogP contribution >= 0.6 is 0 Å². The molecule has 0 aliphatic rings. The van der Waals surface area contributed by atoms with Gasteiger partial charge in [0.1, 0.15) is 11.9 Å². The van der Waals surface area contributed by atoms with Gasteiger partial charge in [-0.3, -0.25) is 4.72 Å². The summed E-state index contributed by atoms with van der Waals surface area (Å²) >= 11 is 0. The van der Waals surface area contributed by atoms with Crippen LogP contribution in [0.4, 0.5) is 20.6 Å². The summed E-state index contributed by atoms with van der Waals surface area (Å²) in [5.41, 5.74) is 1.25. The first-order valence-electron chi connectivity index (χ1n) is 7.53. The molecule has 7 nitrogen and oxygen atoms in total. The van der Waals surface area contributed by atoms with Gasteiger partial charge in [0, 0.05) is 5.69 Å². The molecule has 2 aromatic rings. The molecular weight excluding hydrogens is 359 g/mol. The average molecular weight is 376 g/mol. The van der Waals surface area contributed by atoms with Crippen LogP contribution in [0.15, 0.2) is 42.5 Å². The lowest BCUT2D eigenvalue weighted by molar-refractivity contribution is 0.249. The number of nitrogens with zero attached hydrogens (tertiary/aromatic N) is 1. The van der Waals surface area contributed by atoms with E-state index in [0.717, 1.165) is 18.4 Å². The monoisotopic (exact) mass is 376 g/mol. The zero-order valence-electron chi connectivity index (χ0n) is 14.1. The van der Waals surface area contributed by atoms with Crippen molar-refractivity contribution < 1.29 is 17.6 Å². The van der Waals surface area contributed by atoms with Crippen LogP contribution in [0, 0.1) is 17.1 Å². The fraction of sp³-hybridized carbons (Fsp3) is 0.176.